The Morgan fingerprint density at radius 2 is 2.29 bits per heavy atom. The van der Waals surface area contributed by atoms with Crippen LogP contribution < -0.4 is 0 Å². The standard InChI is InChI=1S/C11H11N3O2S/c1-8(15)7-17-11-14-13-10(16-11)6-9-4-2-3-5-12-9/h2-5H,6-7H2,1H3. The largest absolute Gasteiger partial charge is 0.416 e. The van der Waals surface area contributed by atoms with Crippen molar-refractivity contribution < 1.29 is 9.21 Å². The third-order valence-electron chi connectivity index (χ3n) is 1.91. The first kappa shape index (κ1) is 11.8. The number of thioether (sulfide) groups is 1. The SMILES string of the molecule is CC(=O)CSc1nnc(Cc2ccccn2)o1. The Morgan fingerprint density at radius 3 is 3.00 bits per heavy atom. The number of pyridine rings is 1. The van der Waals surface area contributed by atoms with Gasteiger partial charge in [0.15, 0.2) is 0 Å². The molecular weight excluding hydrogens is 238 g/mol. The fourth-order valence-electron chi connectivity index (χ4n) is 1.19. The summed E-state index contributed by atoms with van der Waals surface area (Å²) in [6.07, 6.45) is 2.23. The summed E-state index contributed by atoms with van der Waals surface area (Å²) < 4.78 is 5.39. The lowest BCUT2D eigenvalue weighted by Gasteiger charge is -1.94. The monoisotopic (exact) mass is 249 g/mol. The molecule has 0 radical (unpaired) electrons. The lowest BCUT2D eigenvalue weighted by atomic mass is 10.3. The Morgan fingerprint density at radius 1 is 1.41 bits per heavy atom. The summed E-state index contributed by atoms with van der Waals surface area (Å²) in [5, 5.41) is 8.17. The summed E-state index contributed by atoms with van der Waals surface area (Å²) in [5.74, 6) is 0.944. The van der Waals surface area contributed by atoms with Crippen LogP contribution in [-0.2, 0) is 11.2 Å². The summed E-state index contributed by atoms with van der Waals surface area (Å²) in [4.78, 5) is 15.0. The molecule has 0 aliphatic carbocycles. The number of carbonyl (C=O) groups excluding carboxylic acids is 1. The number of hydrogen-bond acceptors (Lipinski definition) is 6. The van der Waals surface area contributed by atoms with Crippen molar-refractivity contribution in [3.05, 3.63) is 36.0 Å². The van der Waals surface area contributed by atoms with Crippen LogP contribution in [0.4, 0.5) is 0 Å². The number of aromatic nitrogens is 3. The molecule has 0 aliphatic heterocycles. The highest BCUT2D eigenvalue weighted by Crippen LogP contribution is 2.17. The molecule has 0 saturated carbocycles. The molecule has 0 atom stereocenters. The Kier molecular flexibility index (Phi) is 3.87. The number of carbonyl (C=O) groups is 1. The maximum atomic E-state index is 10.8. The molecule has 0 bridgehead atoms. The Bertz CT molecular complexity index is 498. The molecule has 2 aromatic rings. The van der Waals surface area contributed by atoms with Gasteiger partial charge in [-0.15, -0.1) is 10.2 Å². The van der Waals surface area contributed by atoms with Crippen LogP contribution in [0.3, 0.4) is 0 Å². The van der Waals surface area contributed by atoms with Crippen molar-refractivity contribution in [1.82, 2.24) is 15.2 Å². The van der Waals surface area contributed by atoms with Gasteiger partial charge in [-0.2, -0.15) is 0 Å². The Balaban J connectivity index is 1.97. The average molecular weight is 249 g/mol. The Hall–Kier alpha value is -1.69. The van der Waals surface area contributed by atoms with Gasteiger partial charge in [-0.25, -0.2) is 0 Å². The van der Waals surface area contributed by atoms with Gasteiger partial charge in [0.25, 0.3) is 5.22 Å². The fourth-order valence-corrected chi connectivity index (χ4v) is 1.77. The van der Waals surface area contributed by atoms with E-state index < -0.39 is 0 Å². The van der Waals surface area contributed by atoms with Crippen LogP contribution in [0.5, 0.6) is 0 Å². The number of hydrogen-bond donors (Lipinski definition) is 0. The minimum atomic E-state index is 0.0828. The van der Waals surface area contributed by atoms with Crippen molar-refractivity contribution in [3.63, 3.8) is 0 Å². The number of nitrogens with zero attached hydrogens (tertiary/aromatic N) is 3. The zero-order valence-electron chi connectivity index (χ0n) is 9.29. The summed E-state index contributed by atoms with van der Waals surface area (Å²) >= 11 is 1.25. The molecule has 0 unspecified atom stereocenters. The maximum Gasteiger partial charge on any atom is 0.277 e. The van der Waals surface area contributed by atoms with Crippen molar-refractivity contribution in [2.45, 2.75) is 18.6 Å². The second-order valence-corrected chi connectivity index (χ2v) is 4.38. The number of rotatable bonds is 5. The van der Waals surface area contributed by atoms with E-state index in [4.69, 9.17) is 4.42 Å². The van der Waals surface area contributed by atoms with Crippen molar-refractivity contribution in [1.29, 1.82) is 0 Å². The third kappa shape index (κ3) is 3.67. The molecule has 0 aromatic carbocycles. The van der Waals surface area contributed by atoms with Gasteiger partial charge in [0, 0.05) is 11.9 Å². The summed E-state index contributed by atoms with van der Waals surface area (Å²) in [6.45, 7) is 1.53. The summed E-state index contributed by atoms with van der Waals surface area (Å²) in [6, 6.07) is 5.65. The zero-order valence-corrected chi connectivity index (χ0v) is 10.1. The molecule has 0 aliphatic rings. The van der Waals surface area contributed by atoms with Crippen LogP contribution in [0.1, 0.15) is 18.5 Å². The molecular formula is C11H11N3O2S. The van der Waals surface area contributed by atoms with E-state index in [9.17, 15) is 4.79 Å². The fraction of sp³-hybridized carbons (Fsp3) is 0.273. The quantitative estimate of drug-likeness (QED) is 0.752. The van der Waals surface area contributed by atoms with Crippen LogP contribution in [0, 0.1) is 0 Å². The molecule has 0 spiro atoms. The van der Waals surface area contributed by atoms with E-state index >= 15 is 0 Å². The van der Waals surface area contributed by atoms with Crippen LogP contribution in [0.15, 0.2) is 34.0 Å². The van der Waals surface area contributed by atoms with Crippen LogP contribution >= 0.6 is 11.8 Å². The van der Waals surface area contributed by atoms with E-state index in [-0.39, 0.29) is 5.78 Å². The van der Waals surface area contributed by atoms with Gasteiger partial charge in [0.05, 0.1) is 12.2 Å². The van der Waals surface area contributed by atoms with Gasteiger partial charge in [0.1, 0.15) is 5.78 Å². The first-order valence-corrected chi connectivity index (χ1v) is 6.07. The minimum absolute atomic E-state index is 0.0828. The third-order valence-corrected chi connectivity index (χ3v) is 2.87. The minimum Gasteiger partial charge on any atom is -0.416 e. The number of ketones is 1. The van der Waals surface area contributed by atoms with Gasteiger partial charge >= 0.3 is 0 Å². The highest BCUT2D eigenvalue weighted by Gasteiger charge is 2.08. The second kappa shape index (κ2) is 5.58. The van der Waals surface area contributed by atoms with Gasteiger partial charge < -0.3 is 4.42 Å². The van der Waals surface area contributed by atoms with Crippen molar-refractivity contribution in [2.24, 2.45) is 0 Å². The van der Waals surface area contributed by atoms with Gasteiger partial charge in [-0.05, 0) is 19.1 Å². The van der Waals surface area contributed by atoms with Crippen molar-refractivity contribution in [2.75, 3.05) is 5.75 Å². The molecule has 5 nitrogen and oxygen atoms in total. The molecule has 6 heteroatoms. The molecule has 0 amide bonds. The first-order chi connectivity index (χ1) is 8.24. The molecule has 0 N–H and O–H groups in total. The molecule has 88 valence electrons. The number of Topliss-reactive ketones (excluding diaryl/α,β-unsaturated/α-hetero) is 1. The van der Waals surface area contributed by atoms with Crippen LogP contribution in [0.2, 0.25) is 0 Å². The lowest BCUT2D eigenvalue weighted by molar-refractivity contribution is -0.114. The molecule has 0 saturated heterocycles. The lowest BCUT2D eigenvalue weighted by Crippen LogP contribution is -1.92. The van der Waals surface area contributed by atoms with E-state index in [1.54, 1.807) is 6.20 Å². The highest BCUT2D eigenvalue weighted by atomic mass is 32.2. The van der Waals surface area contributed by atoms with Crippen molar-refractivity contribution in [3.8, 4) is 0 Å². The molecule has 0 fully saturated rings. The van der Waals surface area contributed by atoms with Crippen molar-refractivity contribution >= 4 is 17.5 Å². The highest BCUT2D eigenvalue weighted by molar-refractivity contribution is 7.99. The average Bonchev–Trinajstić information content (AvgIpc) is 2.75. The van der Waals surface area contributed by atoms with E-state index in [0.717, 1.165) is 5.69 Å². The Labute approximate surface area is 103 Å². The molecule has 2 rings (SSSR count). The predicted octanol–water partition coefficient (Wildman–Crippen LogP) is 1.74. The van der Waals surface area contributed by atoms with E-state index in [1.165, 1.54) is 18.7 Å². The molecule has 2 heterocycles. The molecule has 2 aromatic heterocycles. The maximum absolute atomic E-state index is 10.8. The van der Waals surface area contributed by atoms with Crippen LogP contribution in [-0.4, -0.2) is 26.7 Å². The van der Waals surface area contributed by atoms with Gasteiger partial charge in [-0.3, -0.25) is 9.78 Å². The molecule has 17 heavy (non-hydrogen) atoms. The summed E-state index contributed by atoms with van der Waals surface area (Å²) in [5.41, 5.74) is 0.874. The van der Waals surface area contributed by atoms with E-state index in [0.29, 0.717) is 23.3 Å². The first-order valence-electron chi connectivity index (χ1n) is 5.08. The predicted molar refractivity (Wildman–Crippen MR) is 62.7 cm³/mol. The smallest absolute Gasteiger partial charge is 0.277 e. The van der Waals surface area contributed by atoms with Crippen LogP contribution in [0.25, 0.3) is 0 Å². The summed E-state index contributed by atoms with van der Waals surface area (Å²) in [7, 11) is 0. The van der Waals surface area contributed by atoms with E-state index in [2.05, 4.69) is 15.2 Å². The normalized spacial score (nSPS) is 10.4. The van der Waals surface area contributed by atoms with E-state index in [1.807, 2.05) is 18.2 Å². The van der Waals surface area contributed by atoms with Gasteiger partial charge in [-0.1, -0.05) is 17.8 Å². The zero-order chi connectivity index (χ0) is 12.1. The topological polar surface area (TPSA) is 68.9 Å². The second-order valence-electron chi connectivity index (χ2n) is 3.45. The van der Waals surface area contributed by atoms with Gasteiger partial charge in [0.2, 0.25) is 5.89 Å².